The Bertz CT molecular complexity index is 434. The summed E-state index contributed by atoms with van der Waals surface area (Å²) in [6.07, 6.45) is 1.08. The maximum absolute atomic E-state index is 12.0. The van der Waals surface area contributed by atoms with Gasteiger partial charge in [0.1, 0.15) is 5.75 Å². The number of benzene rings is 1. The van der Waals surface area contributed by atoms with Crippen molar-refractivity contribution in [3.05, 3.63) is 29.8 Å². The second-order valence-electron chi connectivity index (χ2n) is 5.16. The Kier molecular flexibility index (Phi) is 4.80. The summed E-state index contributed by atoms with van der Waals surface area (Å²) in [5, 5.41) is 3.16. The third kappa shape index (κ3) is 3.96. The van der Waals surface area contributed by atoms with Gasteiger partial charge in [-0.15, -0.1) is 0 Å². The van der Waals surface area contributed by atoms with Crippen LogP contribution in [0.3, 0.4) is 0 Å². The number of hydrogen-bond acceptors (Lipinski definition) is 3. The van der Waals surface area contributed by atoms with Gasteiger partial charge in [0.25, 0.3) is 5.91 Å². The maximum Gasteiger partial charge on any atom is 0.260 e. The molecule has 2 rings (SSSR count). The van der Waals surface area contributed by atoms with Crippen molar-refractivity contribution in [1.82, 2.24) is 10.2 Å². The molecule has 1 aromatic rings. The van der Waals surface area contributed by atoms with Crippen molar-refractivity contribution in [3.63, 3.8) is 0 Å². The number of hydrogen-bond donors (Lipinski definition) is 1. The Hall–Kier alpha value is -1.55. The van der Waals surface area contributed by atoms with Crippen LogP contribution in [0.15, 0.2) is 24.3 Å². The molecule has 0 bridgehead atoms. The van der Waals surface area contributed by atoms with Gasteiger partial charge in [0.05, 0.1) is 0 Å². The van der Waals surface area contributed by atoms with E-state index >= 15 is 0 Å². The highest BCUT2D eigenvalue weighted by Crippen LogP contribution is 2.16. The van der Waals surface area contributed by atoms with E-state index in [4.69, 9.17) is 4.74 Å². The van der Waals surface area contributed by atoms with Crippen LogP contribution in [0.25, 0.3) is 0 Å². The molecule has 1 saturated heterocycles. The van der Waals surface area contributed by atoms with Crippen LogP contribution in [0, 0.1) is 12.8 Å². The van der Waals surface area contributed by atoms with Crippen LogP contribution < -0.4 is 10.1 Å². The first kappa shape index (κ1) is 13.9. The molecule has 1 aliphatic rings. The number of amides is 1. The SMILES string of the molecule is CNC[C@H]1CCN(C(=O)COc2cccc(C)c2)C1. The Morgan fingerprint density at radius 1 is 1.53 bits per heavy atom. The molecule has 4 heteroatoms. The molecule has 0 aromatic heterocycles. The minimum atomic E-state index is 0.0834. The molecule has 1 aliphatic heterocycles. The quantitative estimate of drug-likeness (QED) is 0.873. The van der Waals surface area contributed by atoms with Crippen molar-refractivity contribution in [2.75, 3.05) is 33.3 Å². The summed E-state index contributed by atoms with van der Waals surface area (Å²) in [6.45, 7) is 4.81. The van der Waals surface area contributed by atoms with Gasteiger partial charge in [0, 0.05) is 13.1 Å². The molecular weight excluding hydrogens is 240 g/mol. The predicted octanol–water partition coefficient (Wildman–Crippen LogP) is 1.44. The molecule has 1 heterocycles. The number of carbonyl (C=O) groups is 1. The lowest BCUT2D eigenvalue weighted by Crippen LogP contribution is -2.34. The number of ether oxygens (including phenoxy) is 1. The molecule has 1 aromatic carbocycles. The van der Waals surface area contributed by atoms with Crippen LogP contribution in [0.5, 0.6) is 5.75 Å². The molecular formula is C15H22N2O2. The van der Waals surface area contributed by atoms with E-state index in [2.05, 4.69) is 5.32 Å². The van der Waals surface area contributed by atoms with E-state index in [0.717, 1.165) is 37.4 Å². The lowest BCUT2D eigenvalue weighted by atomic mass is 10.1. The lowest BCUT2D eigenvalue weighted by Gasteiger charge is -2.17. The van der Waals surface area contributed by atoms with Crippen LogP contribution >= 0.6 is 0 Å². The smallest absolute Gasteiger partial charge is 0.260 e. The molecule has 4 nitrogen and oxygen atoms in total. The summed E-state index contributed by atoms with van der Waals surface area (Å²) in [5.74, 6) is 1.42. The monoisotopic (exact) mass is 262 g/mol. The number of nitrogens with one attached hydrogen (secondary N) is 1. The van der Waals surface area contributed by atoms with Crippen LogP contribution in [-0.4, -0.2) is 44.1 Å². The highest BCUT2D eigenvalue weighted by molar-refractivity contribution is 5.78. The van der Waals surface area contributed by atoms with Gasteiger partial charge in [0.15, 0.2) is 6.61 Å². The highest BCUT2D eigenvalue weighted by atomic mass is 16.5. The topological polar surface area (TPSA) is 41.6 Å². The van der Waals surface area contributed by atoms with Crippen molar-refractivity contribution in [1.29, 1.82) is 0 Å². The van der Waals surface area contributed by atoms with E-state index in [1.165, 1.54) is 0 Å². The Balaban J connectivity index is 1.79. The molecule has 1 atom stereocenters. The molecule has 0 saturated carbocycles. The van der Waals surface area contributed by atoms with Crippen molar-refractivity contribution in [2.24, 2.45) is 5.92 Å². The molecule has 0 radical (unpaired) electrons. The lowest BCUT2D eigenvalue weighted by molar-refractivity contribution is -0.132. The first-order chi connectivity index (χ1) is 9.19. The van der Waals surface area contributed by atoms with Gasteiger partial charge in [-0.2, -0.15) is 0 Å². The van der Waals surface area contributed by atoms with Gasteiger partial charge in [-0.1, -0.05) is 12.1 Å². The zero-order valence-corrected chi connectivity index (χ0v) is 11.7. The number of nitrogens with zero attached hydrogens (tertiary/aromatic N) is 1. The van der Waals surface area contributed by atoms with Gasteiger partial charge >= 0.3 is 0 Å². The molecule has 1 amide bonds. The van der Waals surface area contributed by atoms with Crippen LogP contribution in [0.4, 0.5) is 0 Å². The zero-order chi connectivity index (χ0) is 13.7. The third-order valence-electron chi connectivity index (χ3n) is 3.48. The Morgan fingerprint density at radius 2 is 2.37 bits per heavy atom. The minimum absolute atomic E-state index is 0.0834. The van der Waals surface area contributed by atoms with Gasteiger partial charge in [-0.3, -0.25) is 4.79 Å². The molecule has 0 spiro atoms. The predicted molar refractivity (Wildman–Crippen MR) is 75.3 cm³/mol. The highest BCUT2D eigenvalue weighted by Gasteiger charge is 2.25. The molecule has 19 heavy (non-hydrogen) atoms. The standard InChI is InChI=1S/C15H22N2O2/c1-12-4-3-5-14(8-12)19-11-15(18)17-7-6-13(10-17)9-16-2/h3-5,8,13,16H,6-7,9-11H2,1-2H3/t13-/m1/s1. The third-order valence-corrected chi connectivity index (χ3v) is 3.48. The molecule has 1 fully saturated rings. The van der Waals surface area contributed by atoms with Crippen molar-refractivity contribution in [2.45, 2.75) is 13.3 Å². The van der Waals surface area contributed by atoms with Gasteiger partial charge < -0.3 is 15.0 Å². The summed E-state index contributed by atoms with van der Waals surface area (Å²) < 4.78 is 5.55. The van der Waals surface area contributed by atoms with Crippen molar-refractivity contribution < 1.29 is 9.53 Å². The molecule has 1 N–H and O–H groups in total. The van der Waals surface area contributed by atoms with Gasteiger partial charge in [0.2, 0.25) is 0 Å². The second kappa shape index (κ2) is 6.57. The van der Waals surface area contributed by atoms with Crippen LogP contribution in [0.1, 0.15) is 12.0 Å². The Morgan fingerprint density at radius 3 is 3.11 bits per heavy atom. The zero-order valence-electron chi connectivity index (χ0n) is 11.7. The first-order valence-corrected chi connectivity index (χ1v) is 6.81. The summed E-state index contributed by atoms with van der Waals surface area (Å²) in [6, 6.07) is 7.78. The van der Waals surface area contributed by atoms with E-state index in [1.54, 1.807) is 0 Å². The van der Waals surface area contributed by atoms with E-state index in [0.29, 0.717) is 5.92 Å². The molecule has 0 unspecified atom stereocenters. The summed E-state index contributed by atoms with van der Waals surface area (Å²) in [7, 11) is 1.95. The van der Waals surface area contributed by atoms with E-state index < -0.39 is 0 Å². The normalized spacial score (nSPS) is 18.6. The van der Waals surface area contributed by atoms with E-state index in [9.17, 15) is 4.79 Å². The summed E-state index contributed by atoms with van der Waals surface area (Å²) in [5.41, 5.74) is 1.14. The number of aryl methyl sites for hydroxylation is 1. The van der Waals surface area contributed by atoms with Gasteiger partial charge in [-0.25, -0.2) is 0 Å². The summed E-state index contributed by atoms with van der Waals surface area (Å²) in [4.78, 5) is 13.9. The average molecular weight is 262 g/mol. The number of carbonyl (C=O) groups excluding carboxylic acids is 1. The second-order valence-corrected chi connectivity index (χ2v) is 5.16. The first-order valence-electron chi connectivity index (χ1n) is 6.81. The van der Waals surface area contributed by atoms with Crippen molar-refractivity contribution in [3.8, 4) is 5.75 Å². The van der Waals surface area contributed by atoms with Crippen LogP contribution in [-0.2, 0) is 4.79 Å². The Labute approximate surface area is 114 Å². The minimum Gasteiger partial charge on any atom is -0.484 e. The van der Waals surface area contributed by atoms with Crippen LogP contribution in [0.2, 0.25) is 0 Å². The van der Waals surface area contributed by atoms with E-state index in [-0.39, 0.29) is 12.5 Å². The largest absolute Gasteiger partial charge is 0.484 e. The van der Waals surface area contributed by atoms with Crippen molar-refractivity contribution >= 4 is 5.91 Å². The average Bonchev–Trinajstić information content (AvgIpc) is 2.85. The number of rotatable bonds is 5. The fourth-order valence-electron chi connectivity index (χ4n) is 2.46. The molecule has 0 aliphatic carbocycles. The maximum atomic E-state index is 12.0. The fraction of sp³-hybridized carbons (Fsp3) is 0.533. The number of likely N-dealkylation sites (tertiary alicyclic amines) is 1. The van der Waals surface area contributed by atoms with Gasteiger partial charge in [-0.05, 0) is 50.6 Å². The molecule has 104 valence electrons. The fourth-order valence-corrected chi connectivity index (χ4v) is 2.46. The summed E-state index contributed by atoms with van der Waals surface area (Å²) >= 11 is 0. The van der Waals surface area contributed by atoms with E-state index in [1.807, 2.05) is 43.1 Å².